The standard InChI is InChI=1S/C13H15N5O/c1-8-5-4-6-11-16-13(17-18(8)11)15-10(3)12-14-7-9(2)19-12/h4-7,10H,1-3H3,(H,15,17). The molecule has 3 heterocycles. The second kappa shape index (κ2) is 4.38. The summed E-state index contributed by atoms with van der Waals surface area (Å²) in [5.41, 5.74) is 1.86. The summed E-state index contributed by atoms with van der Waals surface area (Å²) in [7, 11) is 0. The minimum absolute atomic E-state index is 0.0774. The largest absolute Gasteiger partial charge is 0.444 e. The van der Waals surface area contributed by atoms with Crippen LogP contribution in [0, 0.1) is 13.8 Å². The first-order chi connectivity index (χ1) is 9.13. The third-order valence-electron chi connectivity index (χ3n) is 2.90. The summed E-state index contributed by atoms with van der Waals surface area (Å²) in [4.78, 5) is 8.61. The van der Waals surface area contributed by atoms with Crippen LogP contribution in [0.4, 0.5) is 5.95 Å². The molecule has 3 aromatic rings. The molecule has 0 amide bonds. The van der Waals surface area contributed by atoms with Crippen molar-refractivity contribution in [3.63, 3.8) is 0 Å². The number of aryl methyl sites for hydroxylation is 2. The molecule has 0 spiro atoms. The average molecular weight is 257 g/mol. The molecule has 0 aliphatic heterocycles. The summed E-state index contributed by atoms with van der Waals surface area (Å²) in [5.74, 6) is 1.99. The van der Waals surface area contributed by atoms with Gasteiger partial charge in [0.15, 0.2) is 5.65 Å². The summed E-state index contributed by atoms with van der Waals surface area (Å²) < 4.78 is 7.28. The number of anilines is 1. The first kappa shape index (κ1) is 11.7. The molecule has 1 unspecified atom stereocenters. The first-order valence-corrected chi connectivity index (χ1v) is 6.15. The maximum absolute atomic E-state index is 5.48. The fourth-order valence-corrected chi connectivity index (χ4v) is 1.92. The highest BCUT2D eigenvalue weighted by atomic mass is 16.4. The van der Waals surface area contributed by atoms with Crippen LogP contribution in [0.3, 0.4) is 0 Å². The Bertz CT molecular complexity index is 715. The summed E-state index contributed by atoms with van der Waals surface area (Å²) >= 11 is 0. The van der Waals surface area contributed by atoms with Crippen molar-refractivity contribution in [1.29, 1.82) is 0 Å². The lowest BCUT2D eigenvalue weighted by Gasteiger charge is -2.07. The molecule has 1 atom stereocenters. The van der Waals surface area contributed by atoms with Crippen molar-refractivity contribution in [3.8, 4) is 0 Å². The number of hydrogen-bond acceptors (Lipinski definition) is 5. The Labute approximate surface area is 110 Å². The van der Waals surface area contributed by atoms with E-state index in [0.29, 0.717) is 11.8 Å². The smallest absolute Gasteiger partial charge is 0.243 e. The minimum atomic E-state index is -0.0774. The van der Waals surface area contributed by atoms with Crippen LogP contribution >= 0.6 is 0 Å². The molecule has 0 radical (unpaired) electrons. The molecule has 6 nitrogen and oxygen atoms in total. The summed E-state index contributed by atoms with van der Waals surface area (Å²) in [6, 6.07) is 5.80. The van der Waals surface area contributed by atoms with Crippen molar-refractivity contribution < 1.29 is 4.42 Å². The van der Waals surface area contributed by atoms with Crippen LogP contribution < -0.4 is 5.32 Å². The second-order valence-electron chi connectivity index (χ2n) is 4.55. The number of fused-ring (bicyclic) bond motifs is 1. The third-order valence-corrected chi connectivity index (χ3v) is 2.90. The van der Waals surface area contributed by atoms with E-state index in [1.165, 1.54) is 0 Å². The van der Waals surface area contributed by atoms with Crippen LogP contribution in [-0.4, -0.2) is 19.6 Å². The maximum atomic E-state index is 5.48. The van der Waals surface area contributed by atoms with Crippen LogP contribution in [0.15, 0.2) is 28.8 Å². The number of rotatable bonds is 3. The molecule has 3 aromatic heterocycles. The monoisotopic (exact) mass is 257 g/mol. The van der Waals surface area contributed by atoms with E-state index < -0.39 is 0 Å². The number of nitrogens with zero attached hydrogens (tertiary/aromatic N) is 4. The number of pyridine rings is 1. The van der Waals surface area contributed by atoms with Gasteiger partial charge < -0.3 is 9.73 Å². The predicted octanol–water partition coefficient (Wildman–Crippen LogP) is 2.51. The molecule has 0 saturated heterocycles. The van der Waals surface area contributed by atoms with Crippen molar-refractivity contribution >= 4 is 11.6 Å². The van der Waals surface area contributed by atoms with E-state index in [-0.39, 0.29) is 6.04 Å². The van der Waals surface area contributed by atoms with Gasteiger partial charge in [0.05, 0.1) is 6.20 Å². The van der Waals surface area contributed by atoms with Crippen LogP contribution in [0.2, 0.25) is 0 Å². The molecular weight excluding hydrogens is 242 g/mol. The SMILES string of the molecule is Cc1cnc(C(C)Nc2nc3cccc(C)n3n2)o1. The fourth-order valence-electron chi connectivity index (χ4n) is 1.92. The van der Waals surface area contributed by atoms with Gasteiger partial charge in [0, 0.05) is 5.69 Å². The third kappa shape index (κ3) is 2.16. The lowest BCUT2D eigenvalue weighted by molar-refractivity contribution is 0.453. The number of oxazole rings is 1. The van der Waals surface area contributed by atoms with E-state index in [1.54, 1.807) is 10.7 Å². The van der Waals surface area contributed by atoms with Crippen LogP contribution in [0.25, 0.3) is 5.65 Å². The molecule has 0 aromatic carbocycles. The number of nitrogens with one attached hydrogen (secondary N) is 1. The molecule has 1 N–H and O–H groups in total. The summed E-state index contributed by atoms with van der Waals surface area (Å²) in [5, 5.41) is 7.60. The van der Waals surface area contributed by atoms with Gasteiger partial charge in [0.2, 0.25) is 11.8 Å². The van der Waals surface area contributed by atoms with Gasteiger partial charge in [-0.3, -0.25) is 0 Å². The van der Waals surface area contributed by atoms with Crippen LogP contribution in [0.5, 0.6) is 0 Å². The molecule has 0 bridgehead atoms. The Hall–Kier alpha value is -2.37. The van der Waals surface area contributed by atoms with E-state index in [9.17, 15) is 0 Å². The van der Waals surface area contributed by atoms with Crippen molar-refractivity contribution in [2.45, 2.75) is 26.8 Å². The van der Waals surface area contributed by atoms with Gasteiger partial charge in [-0.2, -0.15) is 4.98 Å². The zero-order valence-corrected chi connectivity index (χ0v) is 11.1. The van der Waals surface area contributed by atoms with Crippen molar-refractivity contribution in [2.75, 3.05) is 5.32 Å². The van der Waals surface area contributed by atoms with Gasteiger partial charge in [0.1, 0.15) is 11.8 Å². The predicted molar refractivity (Wildman–Crippen MR) is 71.0 cm³/mol. The quantitative estimate of drug-likeness (QED) is 0.780. The highest BCUT2D eigenvalue weighted by Crippen LogP contribution is 2.17. The molecule has 0 fully saturated rings. The van der Waals surface area contributed by atoms with Gasteiger partial charge in [0.25, 0.3) is 0 Å². The lowest BCUT2D eigenvalue weighted by Crippen LogP contribution is -2.08. The molecule has 0 aliphatic rings. The normalized spacial score (nSPS) is 12.8. The Morgan fingerprint density at radius 2 is 2.16 bits per heavy atom. The van der Waals surface area contributed by atoms with E-state index >= 15 is 0 Å². The summed E-state index contributed by atoms with van der Waals surface area (Å²) in [6.45, 7) is 5.83. The zero-order chi connectivity index (χ0) is 13.4. The van der Waals surface area contributed by atoms with E-state index in [0.717, 1.165) is 17.1 Å². The molecule has 19 heavy (non-hydrogen) atoms. The van der Waals surface area contributed by atoms with Crippen molar-refractivity contribution in [3.05, 3.63) is 41.7 Å². The van der Waals surface area contributed by atoms with Gasteiger partial charge >= 0.3 is 0 Å². The van der Waals surface area contributed by atoms with Gasteiger partial charge in [-0.25, -0.2) is 9.50 Å². The van der Waals surface area contributed by atoms with E-state index in [1.807, 2.05) is 39.0 Å². The second-order valence-corrected chi connectivity index (χ2v) is 4.55. The highest BCUT2D eigenvalue weighted by molar-refractivity contribution is 5.44. The maximum Gasteiger partial charge on any atom is 0.243 e. The Balaban J connectivity index is 1.87. The highest BCUT2D eigenvalue weighted by Gasteiger charge is 2.14. The molecule has 6 heteroatoms. The van der Waals surface area contributed by atoms with Crippen molar-refractivity contribution in [1.82, 2.24) is 19.6 Å². The number of aromatic nitrogens is 4. The zero-order valence-electron chi connectivity index (χ0n) is 11.1. The lowest BCUT2D eigenvalue weighted by atomic mass is 10.3. The molecule has 98 valence electrons. The van der Waals surface area contributed by atoms with Gasteiger partial charge in [-0.15, -0.1) is 5.10 Å². The fraction of sp³-hybridized carbons (Fsp3) is 0.308. The Morgan fingerprint density at radius 1 is 1.32 bits per heavy atom. The molecule has 0 aliphatic carbocycles. The van der Waals surface area contributed by atoms with Gasteiger partial charge in [-0.05, 0) is 32.9 Å². The molecule has 3 rings (SSSR count). The van der Waals surface area contributed by atoms with E-state index in [4.69, 9.17) is 4.42 Å². The first-order valence-electron chi connectivity index (χ1n) is 6.15. The molecule has 0 saturated carbocycles. The average Bonchev–Trinajstić information content (AvgIpc) is 2.96. The number of hydrogen-bond donors (Lipinski definition) is 1. The van der Waals surface area contributed by atoms with Gasteiger partial charge in [-0.1, -0.05) is 6.07 Å². The van der Waals surface area contributed by atoms with Crippen LogP contribution in [-0.2, 0) is 0 Å². The summed E-state index contributed by atoms with van der Waals surface area (Å²) in [6.07, 6.45) is 1.70. The van der Waals surface area contributed by atoms with Crippen molar-refractivity contribution in [2.24, 2.45) is 0 Å². The minimum Gasteiger partial charge on any atom is -0.444 e. The molecular formula is C13H15N5O. The van der Waals surface area contributed by atoms with E-state index in [2.05, 4.69) is 20.4 Å². The Kier molecular flexibility index (Phi) is 2.70. The topological polar surface area (TPSA) is 68.2 Å². The Morgan fingerprint density at radius 3 is 2.84 bits per heavy atom. The van der Waals surface area contributed by atoms with Crippen LogP contribution in [0.1, 0.15) is 30.3 Å².